The van der Waals surface area contributed by atoms with Gasteiger partial charge in [0.15, 0.2) is 0 Å². The molecular weight excluding hydrogens is 160 g/mol. The third-order valence-electron chi connectivity index (χ3n) is 4.27. The van der Waals surface area contributed by atoms with Crippen LogP contribution in [0.1, 0.15) is 40.0 Å². The summed E-state index contributed by atoms with van der Waals surface area (Å²) in [7, 11) is 0. The average Bonchev–Trinajstić information content (AvgIpc) is 2.18. The van der Waals surface area contributed by atoms with E-state index in [1.54, 1.807) is 0 Å². The van der Waals surface area contributed by atoms with Crippen LogP contribution < -0.4 is 0 Å². The molecule has 2 aliphatic rings. The lowest BCUT2D eigenvalue weighted by Crippen LogP contribution is -2.31. The molecule has 0 spiro atoms. The van der Waals surface area contributed by atoms with Gasteiger partial charge in [-0.15, -0.1) is 0 Å². The Bertz CT molecular complexity index is 186. The Kier molecular flexibility index (Phi) is 2.39. The van der Waals surface area contributed by atoms with Gasteiger partial charge in [0.2, 0.25) is 0 Å². The van der Waals surface area contributed by atoms with Gasteiger partial charge in [-0.1, -0.05) is 27.2 Å². The van der Waals surface area contributed by atoms with Crippen LogP contribution in [0.5, 0.6) is 0 Å². The minimum Gasteiger partial charge on any atom is -0.381 e. The first-order chi connectivity index (χ1) is 6.09. The van der Waals surface area contributed by atoms with Gasteiger partial charge < -0.3 is 4.74 Å². The van der Waals surface area contributed by atoms with Crippen LogP contribution in [0.15, 0.2) is 0 Å². The van der Waals surface area contributed by atoms with Crippen molar-refractivity contribution in [2.24, 2.45) is 23.2 Å². The maximum atomic E-state index is 5.79. The molecule has 2 rings (SSSR count). The standard InChI is InChI=1S/C12H22O/c1-9-4-5-11-6-10(9)7-13-8-12(11,2)3/h9-11H,4-8H2,1-3H3. The third kappa shape index (κ3) is 1.76. The normalized spacial score (nSPS) is 44.1. The molecule has 0 aromatic rings. The van der Waals surface area contributed by atoms with E-state index < -0.39 is 0 Å². The fraction of sp³-hybridized carbons (Fsp3) is 1.00. The Labute approximate surface area is 81.9 Å². The first-order valence-corrected chi connectivity index (χ1v) is 5.67. The van der Waals surface area contributed by atoms with Gasteiger partial charge in [-0.3, -0.25) is 0 Å². The first kappa shape index (κ1) is 9.51. The molecule has 0 radical (unpaired) electrons. The topological polar surface area (TPSA) is 9.23 Å². The van der Waals surface area contributed by atoms with Crippen molar-refractivity contribution in [1.29, 1.82) is 0 Å². The number of fused-ring (bicyclic) bond motifs is 2. The first-order valence-electron chi connectivity index (χ1n) is 5.67. The SMILES string of the molecule is CC1CCC2CC1COCC2(C)C. The Morgan fingerprint density at radius 3 is 2.77 bits per heavy atom. The van der Waals surface area contributed by atoms with Gasteiger partial charge in [0.1, 0.15) is 0 Å². The molecule has 1 aliphatic heterocycles. The van der Waals surface area contributed by atoms with Gasteiger partial charge in [-0.05, 0) is 36.0 Å². The monoisotopic (exact) mass is 182 g/mol. The largest absolute Gasteiger partial charge is 0.381 e. The highest BCUT2D eigenvalue weighted by atomic mass is 16.5. The molecule has 3 unspecified atom stereocenters. The Balaban J connectivity index is 2.12. The summed E-state index contributed by atoms with van der Waals surface area (Å²) >= 11 is 0. The molecular formula is C12H22O. The van der Waals surface area contributed by atoms with Gasteiger partial charge in [-0.2, -0.15) is 0 Å². The maximum Gasteiger partial charge on any atom is 0.0519 e. The van der Waals surface area contributed by atoms with Crippen LogP contribution in [-0.2, 0) is 4.74 Å². The molecule has 0 aromatic heterocycles. The highest BCUT2D eigenvalue weighted by molar-refractivity contribution is 4.88. The van der Waals surface area contributed by atoms with Crippen LogP contribution in [-0.4, -0.2) is 13.2 Å². The molecule has 76 valence electrons. The summed E-state index contributed by atoms with van der Waals surface area (Å²) in [6.45, 7) is 9.12. The Morgan fingerprint density at radius 1 is 1.23 bits per heavy atom. The van der Waals surface area contributed by atoms with E-state index in [0.29, 0.717) is 5.41 Å². The Morgan fingerprint density at radius 2 is 2.00 bits per heavy atom. The summed E-state index contributed by atoms with van der Waals surface area (Å²) < 4.78 is 5.79. The van der Waals surface area contributed by atoms with Gasteiger partial charge in [-0.25, -0.2) is 0 Å². The molecule has 2 bridgehead atoms. The van der Waals surface area contributed by atoms with Crippen molar-refractivity contribution in [1.82, 2.24) is 0 Å². The van der Waals surface area contributed by atoms with Crippen molar-refractivity contribution in [3.63, 3.8) is 0 Å². The summed E-state index contributed by atoms with van der Waals surface area (Å²) in [5.74, 6) is 2.65. The number of hydrogen-bond donors (Lipinski definition) is 0. The summed E-state index contributed by atoms with van der Waals surface area (Å²) in [5.41, 5.74) is 0.425. The zero-order valence-corrected chi connectivity index (χ0v) is 9.18. The number of rotatable bonds is 0. The van der Waals surface area contributed by atoms with Gasteiger partial charge in [0.05, 0.1) is 6.61 Å². The fourth-order valence-corrected chi connectivity index (χ4v) is 2.95. The van der Waals surface area contributed by atoms with Crippen molar-refractivity contribution in [3.05, 3.63) is 0 Å². The molecule has 1 saturated carbocycles. The van der Waals surface area contributed by atoms with E-state index in [1.807, 2.05) is 0 Å². The van der Waals surface area contributed by atoms with E-state index >= 15 is 0 Å². The molecule has 0 aromatic carbocycles. The lowest BCUT2D eigenvalue weighted by molar-refractivity contribution is 0.0534. The zero-order chi connectivity index (χ0) is 9.47. The van der Waals surface area contributed by atoms with Gasteiger partial charge in [0.25, 0.3) is 0 Å². The van der Waals surface area contributed by atoms with E-state index in [4.69, 9.17) is 4.74 Å². The smallest absolute Gasteiger partial charge is 0.0519 e. The summed E-state index contributed by atoms with van der Waals surface area (Å²) in [6, 6.07) is 0. The molecule has 1 heteroatoms. The molecule has 1 saturated heterocycles. The van der Waals surface area contributed by atoms with Crippen LogP contribution in [0, 0.1) is 23.2 Å². The number of ether oxygens (including phenoxy) is 1. The van der Waals surface area contributed by atoms with Crippen LogP contribution >= 0.6 is 0 Å². The van der Waals surface area contributed by atoms with Gasteiger partial charge >= 0.3 is 0 Å². The highest BCUT2D eigenvalue weighted by Crippen LogP contribution is 2.45. The van der Waals surface area contributed by atoms with Crippen molar-refractivity contribution in [2.75, 3.05) is 13.2 Å². The molecule has 1 heterocycles. The van der Waals surface area contributed by atoms with Crippen molar-refractivity contribution >= 4 is 0 Å². The maximum absolute atomic E-state index is 5.79. The molecule has 0 amide bonds. The summed E-state index contributed by atoms with van der Waals surface area (Å²) in [5, 5.41) is 0. The summed E-state index contributed by atoms with van der Waals surface area (Å²) in [6.07, 6.45) is 4.25. The minimum absolute atomic E-state index is 0.425. The van der Waals surface area contributed by atoms with Crippen LogP contribution in [0.25, 0.3) is 0 Å². The highest BCUT2D eigenvalue weighted by Gasteiger charge is 2.39. The van der Waals surface area contributed by atoms with Gasteiger partial charge in [0, 0.05) is 6.61 Å². The molecule has 1 nitrogen and oxygen atoms in total. The number of hydrogen-bond acceptors (Lipinski definition) is 1. The molecule has 2 fully saturated rings. The van der Waals surface area contributed by atoms with Crippen molar-refractivity contribution < 1.29 is 4.74 Å². The lowest BCUT2D eigenvalue weighted by atomic mass is 9.66. The van der Waals surface area contributed by atoms with Crippen LogP contribution in [0.2, 0.25) is 0 Å². The minimum atomic E-state index is 0.425. The van der Waals surface area contributed by atoms with Crippen LogP contribution in [0.4, 0.5) is 0 Å². The second kappa shape index (κ2) is 3.27. The van der Waals surface area contributed by atoms with E-state index in [2.05, 4.69) is 20.8 Å². The second-order valence-corrected chi connectivity index (χ2v) is 5.75. The van der Waals surface area contributed by atoms with E-state index in [-0.39, 0.29) is 0 Å². The van der Waals surface area contributed by atoms with Crippen molar-refractivity contribution in [3.8, 4) is 0 Å². The third-order valence-corrected chi connectivity index (χ3v) is 4.27. The van der Waals surface area contributed by atoms with E-state index in [1.165, 1.54) is 19.3 Å². The predicted molar refractivity (Wildman–Crippen MR) is 54.6 cm³/mol. The van der Waals surface area contributed by atoms with Crippen LogP contribution in [0.3, 0.4) is 0 Å². The molecule has 0 N–H and O–H groups in total. The average molecular weight is 182 g/mol. The molecule has 1 aliphatic carbocycles. The van der Waals surface area contributed by atoms with E-state index in [0.717, 1.165) is 31.0 Å². The van der Waals surface area contributed by atoms with E-state index in [9.17, 15) is 0 Å². The summed E-state index contributed by atoms with van der Waals surface area (Å²) in [4.78, 5) is 0. The lowest BCUT2D eigenvalue weighted by Gasteiger charge is -2.38. The molecule has 3 atom stereocenters. The van der Waals surface area contributed by atoms with Crippen molar-refractivity contribution in [2.45, 2.75) is 40.0 Å². The fourth-order valence-electron chi connectivity index (χ4n) is 2.95. The quantitative estimate of drug-likeness (QED) is 0.559. The zero-order valence-electron chi connectivity index (χ0n) is 9.18. The Hall–Kier alpha value is -0.0400. The molecule has 13 heavy (non-hydrogen) atoms. The second-order valence-electron chi connectivity index (χ2n) is 5.75. The predicted octanol–water partition coefficient (Wildman–Crippen LogP) is 3.10.